The molecule has 0 heterocycles. The zero-order chi connectivity index (χ0) is 14.5. The number of nitrogens with one attached hydrogen (secondary N) is 1. The first kappa shape index (κ1) is 13.8. The molecule has 0 aliphatic carbocycles. The van der Waals surface area contributed by atoms with Crippen molar-refractivity contribution in [3.63, 3.8) is 0 Å². The van der Waals surface area contributed by atoms with Crippen molar-refractivity contribution < 1.29 is 9.18 Å². The Morgan fingerprint density at radius 1 is 1.25 bits per heavy atom. The Labute approximate surface area is 116 Å². The lowest BCUT2D eigenvalue weighted by Gasteiger charge is -2.12. The molecule has 0 spiro atoms. The summed E-state index contributed by atoms with van der Waals surface area (Å²) in [6.07, 6.45) is 0. The van der Waals surface area contributed by atoms with Gasteiger partial charge in [-0.3, -0.25) is 4.79 Å². The van der Waals surface area contributed by atoms with E-state index >= 15 is 0 Å². The summed E-state index contributed by atoms with van der Waals surface area (Å²) in [6, 6.07) is 14.4. The van der Waals surface area contributed by atoms with Gasteiger partial charge in [0.25, 0.3) is 5.91 Å². The monoisotopic (exact) mass is 268 g/mol. The molecule has 0 saturated carbocycles. The summed E-state index contributed by atoms with van der Waals surface area (Å²) in [6.45, 7) is 1.59. The topological polar surface area (TPSA) is 52.9 Å². The minimum atomic E-state index is -0.728. The SMILES string of the molecule is Cc1cc(C(=O)NC(C#N)c2ccccc2)ccc1F. The summed E-state index contributed by atoms with van der Waals surface area (Å²) in [5, 5.41) is 11.8. The molecule has 100 valence electrons. The van der Waals surface area contributed by atoms with Crippen molar-refractivity contribution in [2.24, 2.45) is 0 Å². The number of halogens is 1. The summed E-state index contributed by atoms with van der Waals surface area (Å²) in [7, 11) is 0. The van der Waals surface area contributed by atoms with Crippen molar-refractivity contribution in [2.45, 2.75) is 13.0 Å². The third-order valence-corrected chi connectivity index (χ3v) is 2.96. The fourth-order valence-corrected chi connectivity index (χ4v) is 1.84. The quantitative estimate of drug-likeness (QED) is 0.929. The second kappa shape index (κ2) is 5.98. The molecule has 2 aromatic carbocycles. The van der Waals surface area contributed by atoms with Gasteiger partial charge in [-0.25, -0.2) is 4.39 Å². The molecule has 0 bridgehead atoms. The summed E-state index contributed by atoms with van der Waals surface area (Å²) >= 11 is 0. The fraction of sp³-hybridized carbons (Fsp3) is 0.125. The molecule has 0 radical (unpaired) electrons. The van der Waals surface area contributed by atoms with E-state index in [0.717, 1.165) is 0 Å². The van der Waals surface area contributed by atoms with Crippen LogP contribution in [0.1, 0.15) is 27.5 Å². The molecule has 1 amide bonds. The van der Waals surface area contributed by atoms with Crippen molar-refractivity contribution in [1.82, 2.24) is 5.32 Å². The number of benzene rings is 2. The second-order valence-electron chi connectivity index (χ2n) is 4.41. The van der Waals surface area contributed by atoms with Crippen LogP contribution >= 0.6 is 0 Å². The first-order valence-corrected chi connectivity index (χ1v) is 6.13. The molecule has 1 unspecified atom stereocenters. The fourth-order valence-electron chi connectivity index (χ4n) is 1.84. The Hall–Kier alpha value is -2.67. The summed E-state index contributed by atoms with van der Waals surface area (Å²) in [5.41, 5.74) is 1.44. The molecule has 0 saturated heterocycles. The maximum Gasteiger partial charge on any atom is 0.252 e. The van der Waals surface area contributed by atoms with Gasteiger partial charge < -0.3 is 5.32 Å². The van der Waals surface area contributed by atoms with Crippen LogP contribution in [0.2, 0.25) is 0 Å². The minimum absolute atomic E-state index is 0.333. The molecule has 0 aromatic heterocycles. The molecular weight excluding hydrogens is 255 g/mol. The predicted octanol–water partition coefficient (Wildman–Crippen LogP) is 3.13. The lowest BCUT2D eigenvalue weighted by atomic mass is 10.1. The lowest BCUT2D eigenvalue weighted by molar-refractivity contribution is 0.0945. The summed E-state index contributed by atoms with van der Waals surface area (Å²) in [5.74, 6) is -0.759. The van der Waals surface area contributed by atoms with E-state index in [9.17, 15) is 9.18 Å². The van der Waals surface area contributed by atoms with Gasteiger partial charge in [0.2, 0.25) is 0 Å². The molecule has 1 N–H and O–H groups in total. The smallest absolute Gasteiger partial charge is 0.252 e. The molecule has 0 aliphatic rings. The van der Waals surface area contributed by atoms with Crippen LogP contribution in [-0.2, 0) is 0 Å². The molecule has 0 fully saturated rings. The van der Waals surface area contributed by atoms with Crippen LogP contribution in [0.15, 0.2) is 48.5 Å². The van der Waals surface area contributed by atoms with Gasteiger partial charge in [-0.1, -0.05) is 30.3 Å². The third kappa shape index (κ3) is 3.01. The number of aryl methyl sites for hydroxylation is 1. The number of hydrogen-bond donors (Lipinski definition) is 1. The van der Waals surface area contributed by atoms with Gasteiger partial charge in [0.15, 0.2) is 0 Å². The Morgan fingerprint density at radius 3 is 2.55 bits per heavy atom. The van der Waals surface area contributed by atoms with E-state index in [2.05, 4.69) is 5.32 Å². The zero-order valence-electron chi connectivity index (χ0n) is 10.9. The van der Waals surface area contributed by atoms with Gasteiger partial charge in [0.05, 0.1) is 6.07 Å². The minimum Gasteiger partial charge on any atom is -0.333 e. The Kier molecular flexibility index (Phi) is 4.11. The van der Waals surface area contributed by atoms with E-state index in [1.807, 2.05) is 12.1 Å². The Morgan fingerprint density at radius 2 is 1.95 bits per heavy atom. The highest BCUT2D eigenvalue weighted by Crippen LogP contribution is 2.14. The Balaban J connectivity index is 2.18. The van der Waals surface area contributed by atoms with Crippen LogP contribution in [-0.4, -0.2) is 5.91 Å². The first-order valence-electron chi connectivity index (χ1n) is 6.13. The van der Waals surface area contributed by atoms with E-state index in [-0.39, 0.29) is 5.82 Å². The molecule has 2 aromatic rings. The van der Waals surface area contributed by atoms with E-state index in [0.29, 0.717) is 16.7 Å². The maximum atomic E-state index is 13.2. The number of nitriles is 1. The van der Waals surface area contributed by atoms with Crippen LogP contribution in [0.3, 0.4) is 0 Å². The molecule has 0 aliphatic heterocycles. The van der Waals surface area contributed by atoms with Crippen molar-refractivity contribution in [3.05, 3.63) is 71.0 Å². The number of carbonyl (C=O) groups is 1. The lowest BCUT2D eigenvalue weighted by Crippen LogP contribution is -2.27. The number of hydrogen-bond acceptors (Lipinski definition) is 2. The van der Waals surface area contributed by atoms with Gasteiger partial charge >= 0.3 is 0 Å². The average molecular weight is 268 g/mol. The molecule has 4 heteroatoms. The maximum absolute atomic E-state index is 13.2. The first-order chi connectivity index (χ1) is 9.61. The highest BCUT2D eigenvalue weighted by Gasteiger charge is 2.15. The van der Waals surface area contributed by atoms with E-state index in [1.165, 1.54) is 18.2 Å². The van der Waals surface area contributed by atoms with Crippen molar-refractivity contribution in [2.75, 3.05) is 0 Å². The highest BCUT2D eigenvalue weighted by atomic mass is 19.1. The largest absolute Gasteiger partial charge is 0.333 e. The number of carbonyl (C=O) groups excluding carboxylic acids is 1. The van der Waals surface area contributed by atoms with E-state index in [4.69, 9.17) is 5.26 Å². The van der Waals surface area contributed by atoms with Gasteiger partial charge in [0, 0.05) is 5.56 Å². The standard InChI is InChI=1S/C16H13FN2O/c1-11-9-13(7-8-14(11)17)16(20)19-15(10-18)12-5-3-2-4-6-12/h2-9,15H,1H3,(H,19,20). The summed E-state index contributed by atoms with van der Waals surface area (Å²) in [4.78, 5) is 12.1. The predicted molar refractivity (Wildman–Crippen MR) is 73.4 cm³/mol. The average Bonchev–Trinajstić information content (AvgIpc) is 2.48. The van der Waals surface area contributed by atoms with Crippen LogP contribution in [0.25, 0.3) is 0 Å². The number of nitrogens with zero attached hydrogens (tertiary/aromatic N) is 1. The molecular formula is C16H13FN2O. The highest BCUT2D eigenvalue weighted by molar-refractivity contribution is 5.94. The Bertz CT molecular complexity index is 662. The van der Waals surface area contributed by atoms with E-state index < -0.39 is 11.9 Å². The van der Waals surface area contributed by atoms with Crippen molar-refractivity contribution in [3.8, 4) is 6.07 Å². The molecule has 3 nitrogen and oxygen atoms in total. The molecule has 1 atom stereocenters. The van der Waals surface area contributed by atoms with Gasteiger partial charge in [0.1, 0.15) is 11.9 Å². The van der Waals surface area contributed by atoms with E-state index in [1.54, 1.807) is 31.2 Å². The molecule has 20 heavy (non-hydrogen) atoms. The number of amides is 1. The van der Waals surface area contributed by atoms with Gasteiger partial charge in [-0.2, -0.15) is 5.26 Å². The summed E-state index contributed by atoms with van der Waals surface area (Å²) < 4.78 is 13.2. The molecule has 2 rings (SSSR count). The van der Waals surface area contributed by atoms with Gasteiger partial charge in [-0.15, -0.1) is 0 Å². The van der Waals surface area contributed by atoms with Gasteiger partial charge in [-0.05, 0) is 36.2 Å². The third-order valence-electron chi connectivity index (χ3n) is 2.96. The number of rotatable bonds is 3. The normalized spacial score (nSPS) is 11.4. The second-order valence-corrected chi connectivity index (χ2v) is 4.41. The van der Waals surface area contributed by atoms with Crippen molar-refractivity contribution >= 4 is 5.91 Å². The van der Waals surface area contributed by atoms with Crippen LogP contribution in [0.5, 0.6) is 0 Å². The van der Waals surface area contributed by atoms with Crippen LogP contribution in [0.4, 0.5) is 4.39 Å². The van der Waals surface area contributed by atoms with Crippen molar-refractivity contribution in [1.29, 1.82) is 5.26 Å². The van der Waals surface area contributed by atoms with Crippen LogP contribution in [0, 0.1) is 24.1 Å². The van der Waals surface area contributed by atoms with Crippen LogP contribution < -0.4 is 5.32 Å². The zero-order valence-corrected chi connectivity index (χ0v) is 10.9.